The summed E-state index contributed by atoms with van der Waals surface area (Å²) in [5.41, 5.74) is 1.47. The zero-order valence-corrected chi connectivity index (χ0v) is 19.6. The van der Waals surface area contributed by atoms with Crippen LogP contribution in [-0.2, 0) is 9.53 Å². The van der Waals surface area contributed by atoms with Crippen molar-refractivity contribution in [1.82, 2.24) is 4.90 Å². The van der Waals surface area contributed by atoms with E-state index in [2.05, 4.69) is 0 Å². The minimum Gasteiger partial charge on any atom is -0.452 e. The lowest BCUT2D eigenvalue weighted by molar-refractivity contribution is -0.138. The molecule has 4 rings (SSSR count). The van der Waals surface area contributed by atoms with Gasteiger partial charge in [-0.2, -0.15) is 0 Å². The summed E-state index contributed by atoms with van der Waals surface area (Å²) in [6.07, 6.45) is 0. The monoisotopic (exact) mass is 458 g/mol. The van der Waals surface area contributed by atoms with Gasteiger partial charge in [-0.15, -0.1) is 0 Å². The quantitative estimate of drug-likeness (QED) is 0.403. The Kier molecular flexibility index (Phi) is 6.20. The van der Waals surface area contributed by atoms with Crippen molar-refractivity contribution in [3.05, 3.63) is 77.4 Å². The molecule has 0 N–H and O–H groups in total. The van der Waals surface area contributed by atoms with Gasteiger partial charge in [-0.1, -0.05) is 24.3 Å². The number of hydrogen-bond acceptors (Lipinski definition) is 5. The van der Waals surface area contributed by atoms with Gasteiger partial charge in [-0.3, -0.25) is 14.4 Å². The Labute approximate surface area is 197 Å². The number of anilines is 1. The highest BCUT2D eigenvalue weighted by Crippen LogP contribution is 2.32. The van der Waals surface area contributed by atoms with Crippen molar-refractivity contribution in [3.63, 3.8) is 0 Å². The van der Waals surface area contributed by atoms with Gasteiger partial charge in [0.2, 0.25) is 0 Å². The average Bonchev–Trinajstić information content (AvgIpc) is 2.81. The Morgan fingerprint density at radius 1 is 0.824 bits per heavy atom. The van der Waals surface area contributed by atoms with E-state index in [1.54, 1.807) is 29.2 Å². The summed E-state index contributed by atoms with van der Waals surface area (Å²) in [5, 5.41) is 1.48. The molecule has 0 bridgehead atoms. The first-order chi connectivity index (χ1) is 16.2. The number of carbonyl (C=O) groups excluding carboxylic acids is 4. The average molecular weight is 459 g/mol. The number of amides is 3. The molecule has 3 aromatic carbocycles. The van der Waals surface area contributed by atoms with Crippen molar-refractivity contribution in [1.29, 1.82) is 0 Å². The Morgan fingerprint density at radius 3 is 1.85 bits per heavy atom. The third kappa shape index (κ3) is 4.05. The van der Waals surface area contributed by atoms with Crippen LogP contribution in [0.1, 0.15) is 58.8 Å². The molecule has 0 unspecified atom stereocenters. The van der Waals surface area contributed by atoms with Crippen LogP contribution in [0.15, 0.2) is 60.7 Å². The van der Waals surface area contributed by atoms with Gasteiger partial charge in [0, 0.05) is 28.6 Å². The minimum atomic E-state index is -0.654. The van der Waals surface area contributed by atoms with E-state index in [4.69, 9.17) is 4.74 Å². The number of rotatable bonds is 6. The predicted molar refractivity (Wildman–Crippen MR) is 129 cm³/mol. The second-order valence-corrected chi connectivity index (χ2v) is 8.77. The number of carbonyl (C=O) groups is 4. The van der Waals surface area contributed by atoms with E-state index in [1.807, 2.05) is 39.8 Å². The van der Waals surface area contributed by atoms with E-state index in [0.717, 1.165) is 10.3 Å². The van der Waals surface area contributed by atoms with E-state index >= 15 is 0 Å². The maximum atomic E-state index is 13.2. The Balaban J connectivity index is 1.52. The van der Waals surface area contributed by atoms with Gasteiger partial charge in [0.1, 0.15) is 0 Å². The molecule has 34 heavy (non-hydrogen) atoms. The molecule has 0 spiro atoms. The zero-order chi connectivity index (χ0) is 24.6. The first kappa shape index (κ1) is 23.2. The Morgan fingerprint density at radius 2 is 1.35 bits per heavy atom. The van der Waals surface area contributed by atoms with Gasteiger partial charge >= 0.3 is 5.97 Å². The van der Waals surface area contributed by atoms with E-state index < -0.39 is 17.8 Å². The van der Waals surface area contributed by atoms with Crippen LogP contribution in [0.2, 0.25) is 0 Å². The summed E-state index contributed by atoms with van der Waals surface area (Å²) in [7, 11) is 0. The molecule has 3 amide bonds. The Bertz CT molecular complexity index is 1240. The van der Waals surface area contributed by atoms with Gasteiger partial charge in [0.05, 0.1) is 11.3 Å². The molecule has 7 heteroatoms. The molecule has 0 saturated heterocycles. The highest BCUT2D eigenvalue weighted by Gasteiger charge is 2.33. The number of esters is 1. The molecule has 3 aromatic rings. The predicted octanol–water partition coefficient (Wildman–Crippen LogP) is 4.44. The SMILES string of the molecule is CC(C)N(C(=O)COC(=O)c1ccc(N2C(=O)c3cccc4cccc(c34)C2=O)cc1)C(C)C. The van der Waals surface area contributed by atoms with E-state index in [0.29, 0.717) is 22.2 Å². The number of ether oxygens (including phenoxy) is 1. The smallest absolute Gasteiger partial charge is 0.338 e. The standard InChI is InChI=1S/C27H26N2O5/c1-16(2)28(17(3)4)23(30)15-34-27(33)19-11-13-20(14-12-19)29-25(31)21-9-5-7-18-8-6-10-22(24(18)21)26(29)32/h5-14,16-17H,15H2,1-4H3. The minimum absolute atomic E-state index is 0.0129. The van der Waals surface area contributed by atoms with Crippen molar-refractivity contribution in [2.24, 2.45) is 0 Å². The Hall–Kier alpha value is -4.00. The van der Waals surface area contributed by atoms with Crippen molar-refractivity contribution < 1.29 is 23.9 Å². The van der Waals surface area contributed by atoms with Gasteiger partial charge in [0.15, 0.2) is 6.61 Å². The second-order valence-electron chi connectivity index (χ2n) is 8.77. The molecular formula is C27H26N2O5. The topological polar surface area (TPSA) is 84.0 Å². The number of hydrogen-bond donors (Lipinski definition) is 0. The van der Waals surface area contributed by atoms with Gasteiger partial charge in [-0.05, 0) is 69.5 Å². The molecule has 1 aliphatic rings. The zero-order valence-electron chi connectivity index (χ0n) is 19.6. The molecule has 0 saturated carbocycles. The third-order valence-corrected chi connectivity index (χ3v) is 5.86. The second kappa shape index (κ2) is 9.09. The van der Waals surface area contributed by atoms with Crippen molar-refractivity contribution in [2.45, 2.75) is 39.8 Å². The van der Waals surface area contributed by atoms with E-state index in [1.165, 1.54) is 24.3 Å². The highest BCUT2D eigenvalue weighted by molar-refractivity contribution is 6.35. The van der Waals surface area contributed by atoms with Crippen LogP contribution in [0, 0.1) is 0 Å². The fourth-order valence-electron chi connectivity index (χ4n) is 4.47. The van der Waals surface area contributed by atoms with E-state index in [9.17, 15) is 19.2 Å². The first-order valence-electron chi connectivity index (χ1n) is 11.2. The molecule has 0 atom stereocenters. The van der Waals surface area contributed by atoms with Crippen LogP contribution in [0.3, 0.4) is 0 Å². The first-order valence-corrected chi connectivity index (χ1v) is 11.2. The largest absolute Gasteiger partial charge is 0.452 e. The van der Waals surface area contributed by atoms with Crippen LogP contribution in [0.25, 0.3) is 10.8 Å². The van der Waals surface area contributed by atoms with Crippen molar-refractivity contribution in [2.75, 3.05) is 11.5 Å². The summed E-state index contributed by atoms with van der Waals surface area (Å²) in [6.45, 7) is 7.25. The molecule has 0 aromatic heterocycles. The lowest BCUT2D eigenvalue weighted by Gasteiger charge is -2.30. The molecule has 0 radical (unpaired) electrons. The molecule has 7 nitrogen and oxygen atoms in total. The summed E-state index contributed by atoms with van der Waals surface area (Å²) in [4.78, 5) is 54.0. The molecule has 174 valence electrons. The van der Waals surface area contributed by atoms with Crippen LogP contribution in [0.5, 0.6) is 0 Å². The normalized spacial score (nSPS) is 13.1. The molecular weight excluding hydrogens is 432 g/mol. The molecule has 0 fully saturated rings. The maximum absolute atomic E-state index is 13.2. The number of nitrogens with zero attached hydrogens (tertiary/aromatic N) is 2. The number of imide groups is 1. The van der Waals surface area contributed by atoms with Crippen LogP contribution in [-0.4, -0.2) is 47.3 Å². The lowest BCUT2D eigenvalue weighted by atomic mass is 9.94. The van der Waals surface area contributed by atoms with E-state index in [-0.39, 0.29) is 30.2 Å². The fourth-order valence-corrected chi connectivity index (χ4v) is 4.47. The number of benzene rings is 3. The summed E-state index contributed by atoms with van der Waals surface area (Å²) in [5.74, 6) is -1.76. The lowest BCUT2D eigenvalue weighted by Crippen LogP contribution is -2.44. The van der Waals surface area contributed by atoms with Crippen LogP contribution in [0.4, 0.5) is 5.69 Å². The summed E-state index contributed by atoms with van der Waals surface area (Å²) >= 11 is 0. The van der Waals surface area contributed by atoms with Crippen molar-refractivity contribution >= 4 is 40.2 Å². The molecule has 1 heterocycles. The molecule has 1 aliphatic heterocycles. The fraction of sp³-hybridized carbons (Fsp3) is 0.259. The summed E-state index contributed by atoms with van der Waals surface area (Å²) in [6, 6.07) is 16.7. The van der Waals surface area contributed by atoms with Crippen LogP contribution >= 0.6 is 0 Å². The maximum Gasteiger partial charge on any atom is 0.338 e. The third-order valence-electron chi connectivity index (χ3n) is 5.86. The van der Waals surface area contributed by atoms with Gasteiger partial charge in [-0.25, -0.2) is 9.69 Å². The van der Waals surface area contributed by atoms with Gasteiger partial charge in [0.25, 0.3) is 17.7 Å². The van der Waals surface area contributed by atoms with Crippen LogP contribution < -0.4 is 4.90 Å². The molecule has 0 aliphatic carbocycles. The van der Waals surface area contributed by atoms with Crippen molar-refractivity contribution in [3.8, 4) is 0 Å². The highest BCUT2D eigenvalue weighted by atomic mass is 16.5. The summed E-state index contributed by atoms with van der Waals surface area (Å²) < 4.78 is 5.21. The van der Waals surface area contributed by atoms with Gasteiger partial charge < -0.3 is 9.64 Å².